The Bertz CT molecular complexity index is 114. The molecule has 0 unspecified atom stereocenters. The molecule has 0 fully saturated rings. The van der Waals surface area contributed by atoms with Gasteiger partial charge in [-0.2, -0.15) is 0 Å². The van der Waals surface area contributed by atoms with Crippen LogP contribution in [0, 0.1) is 11.8 Å². The van der Waals surface area contributed by atoms with Crippen molar-refractivity contribution in [2.75, 3.05) is 14.2 Å². The molecule has 5 nitrogen and oxygen atoms in total. The van der Waals surface area contributed by atoms with Crippen LogP contribution in [0.15, 0.2) is 0 Å². The molecule has 1 N–H and O–H groups in total. The van der Waals surface area contributed by atoms with Crippen molar-refractivity contribution in [3.8, 4) is 0 Å². The van der Waals surface area contributed by atoms with Crippen molar-refractivity contribution < 1.29 is 18.5 Å². The molecule has 0 aliphatic rings. The number of hydrogen-bond donors (Lipinski definition) is 1. The van der Waals surface area contributed by atoms with Crippen LogP contribution in [0.2, 0.25) is 0 Å². The fourth-order valence-electron chi connectivity index (χ4n) is 0.0745. The van der Waals surface area contributed by atoms with E-state index in [1.165, 1.54) is 0 Å². The average molecular weight is 152 g/mol. The second-order valence-corrected chi connectivity index (χ2v) is 2.50. The molecule has 0 aromatic rings. The van der Waals surface area contributed by atoms with Crippen LogP contribution in [0.1, 0.15) is 0 Å². The maximum Gasteiger partial charge on any atom is 0.471 e. The highest BCUT2D eigenvalue weighted by Crippen LogP contribution is 2.40. The minimum Gasteiger partial charge on any atom is -0.512 e. The summed E-state index contributed by atoms with van der Waals surface area (Å²) in [4.78, 5) is 8.24. The molecule has 0 aromatic heterocycles. The van der Waals surface area contributed by atoms with Crippen LogP contribution in [0.4, 0.5) is 0 Å². The van der Waals surface area contributed by atoms with E-state index in [0.717, 1.165) is 14.2 Å². The highest BCUT2D eigenvalue weighted by atomic mass is 31.2. The van der Waals surface area contributed by atoms with Gasteiger partial charge in [-0.15, -0.1) is 0 Å². The first-order chi connectivity index (χ1) is 4.12. The smallest absolute Gasteiger partial charge is 0.471 e. The van der Waals surface area contributed by atoms with Crippen LogP contribution in [0.3, 0.4) is 0 Å². The van der Waals surface area contributed by atoms with Gasteiger partial charge in [0.25, 0.3) is 0 Å². The first-order valence-corrected chi connectivity index (χ1v) is 3.28. The summed E-state index contributed by atoms with van der Waals surface area (Å²) in [5.41, 5.74) is 0. The second kappa shape index (κ2) is 5.73. The van der Waals surface area contributed by atoms with Gasteiger partial charge in [0.05, 0.1) is 0 Å². The van der Waals surface area contributed by atoms with E-state index in [1.807, 2.05) is 0 Å². The van der Waals surface area contributed by atoms with Gasteiger partial charge in [-0.05, 0) is 0 Å². The Morgan fingerprint density at radius 2 is 1.67 bits per heavy atom. The molecule has 54 valence electrons. The van der Waals surface area contributed by atoms with Crippen LogP contribution in [-0.4, -0.2) is 19.1 Å². The molecule has 0 amide bonds. The minimum atomic E-state index is -3.65. The fourth-order valence-corrected chi connectivity index (χ4v) is 0.224. The standard InChI is InChI=1S/C2H7O4P.CN/c1-5-7(3,4)6-2;1-2/h1-2H3,(H,3,4);/q;-1. The lowest BCUT2D eigenvalue weighted by atomic mass is 11.8. The van der Waals surface area contributed by atoms with Crippen molar-refractivity contribution in [1.29, 1.82) is 5.26 Å². The van der Waals surface area contributed by atoms with Gasteiger partial charge < -0.3 is 16.7 Å². The van der Waals surface area contributed by atoms with Crippen molar-refractivity contribution in [2.24, 2.45) is 0 Å². The Hall–Kier alpha value is -0.400. The largest absolute Gasteiger partial charge is 0.512 e. The van der Waals surface area contributed by atoms with Gasteiger partial charge in [0.1, 0.15) is 0 Å². The van der Waals surface area contributed by atoms with Crippen molar-refractivity contribution in [2.45, 2.75) is 0 Å². The molecule has 0 bridgehead atoms. The van der Waals surface area contributed by atoms with E-state index in [2.05, 4.69) is 9.05 Å². The first kappa shape index (κ1) is 11.4. The first-order valence-electron chi connectivity index (χ1n) is 1.79. The molecule has 6 heteroatoms. The van der Waals surface area contributed by atoms with E-state index < -0.39 is 7.82 Å². The summed E-state index contributed by atoms with van der Waals surface area (Å²) in [6.45, 7) is 4.75. The molecule has 0 heterocycles. The lowest BCUT2D eigenvalue weighted by Crippen LogP contribution is -1.83. The molecule has 0 radical (unpaired) electrons. The molecule has 9 heavy (non-hydrogen) atoms. The molecular weight excluding hydrogens is 145 g/mol. The lowest BCUT2D eigenvalue weighted by molar-refractivity contribution is 0.204. The third-order valence-corrected chi connectivity index (χ3v) is 1.38. The Morgan fingerprint density at radius 1 is 1.44 bits per heavy atom. The highest BCUT2D eigenvalue weighted by molar-refractivity contribution is 7.47. The van der Waals surface area contributed by atoms with Crippen molar-refractivity contribution in [3.05, 3.63) is 6.57 Å². The van der Waals surface area contributed by atoms with Crippen LogP contribution in [0.25, 0.3) is 0 Å². The van der Waals surface area contributed by atoms with E-state index in [9.17, 15) is 4.57 Å². The van der Waals surface area contributed by atoms with Gasteiger partial charge in [0.15, 0.2) is 0 Å². The number of hydrogen-bond acceptors (Lipinski definition) is 4. The Balaban J connectivity index is 0. The van der Waals surface area contributed by atoms with Gasteiger partial charge in [-0.3, -0.25) is 9.05 Å². The van der Waals surface area contributed by atoms with E-state index in [1.54, 1.807) is 0 Å². The summed E-state index contributed by atoms with van der Waals surface area (Å²) in [5, 5.41) is 6.25. The maximum absolute atomic E-state index is 10.1. The summed E-state index contributed by atoms with van der Waals surface area (Å²) >= 11 is 0. The van der Waals surface area contributed by atoms with Gasteiger partial charge in [-0.25, -0.2) is 4.57 Å². The van der Waals surface area contributed by atoms with Gasteiger partial charge in [0.2, 0.25) is 0 Å². The zero-order chi connectivity index (χ0) is 7.91. The molecule has 0 saturated carbocycles. The van der Waals surface area contributed by atoms with E-state index in [0.29, 0.717) is 0 Å². The zero-order valence-electron chi connectivity index (χ0n) is 5.07. The lowest BCUT2D eigenvalue weighted by Gasteiger charge is -2.01. The molecule has 0 atom stereocenters. The maximum atomic E-state index is 10.1. The van der Waals surface area contributed by atoms with Crippen molar-refractivity contribution in [3.63, 3.8) is 0 Å². The molecule has 0 aromatic carbocycles. The number of phosphoric ester groups is 1. The molecule has 0 aliphatic heterocycles. The summed E-state index contributed by atoms with van der Waals surface area (Å²) in [6, 6.07) is 0. The number of nitrogens with zero attached hydrogens (tertiary/aromatic N) is 1. The fraction of sp³-hybridized carbons (Fsp3) is 0.667. The van der Waals surface area contributed by atoms with Crippen LogP contribution in [-0.2, 0) is 13.6 Å². The molecule has 0 saturated heterocycles. The predicted octanol–water partition coefficient (Wildman–Crippen LogP) is 0.476. The molecule has 0 spiro atoms. The quantitative estimate of drug-likeness (QED) is 0.459. The van der Waals surface area contributed by atoms with E-state index in [4.69, 9.17) is 16.7 Å². The van der Waals surface area contributed by atoms with Gasteiger partial charge >= 0.3 is 7.82 Å². The van der Waals surface area contributed by atoms with E-state index in [-0.39, 0.29) is 0 Å². The SMILES string of the molecule is COP(=O)(O)OC.[C-]#N. The Labute approximate surface area is 53.4 Å². The van der Waals surface area contributed by atoms with Crippen LogP contribution >= 0.6 is 7.82 Å². The molecule has 0 rings (SSSR count). The molecular formula is C3H7NO4P-. The van der Waals surface area contributed by atoms with Crippen molar-refractivity contribution in [1.82, 2.24) is 0 Å². The monoisotopic (exact) mass is 152 g/mol. The van der Waals surface area contributed by atoms with Gasteiger partial charge in [-0.1, -0.05) is 0 Å². The van der Waals surface area contributed by atoms with Crippen molar-refractivity contribution >= 4 is 7.82 Å². The molecule has 0 aliphatic carbocycles. The topological polar surface area (TPSA) is 79.6 Å². The summed E-state index contributed by atoms with van der Waals surface area (Å²) in [7, 11) is -1.45. The van der Waals surface area contributed by atoms with Crippen LogP contribution < -0.4 is 0 Å². The highest BCUT2D eigenvalue weighted by Gasteiger charge is 2.13. The number of rotatable bonds is 2. The van der Waals surface area contributed by atoms with Gasteiger partial charge in [0, 0.05) is 14.2 Å². The Kier molecular flexibility index (Phi) is 7.26. The third kappa shape index (κ3) is 7.60. The zero-order valence-corrected chi connectivity index (χ0v) is 5.96. The Morgan fingerprint density at radius 3 is 1.67 bits per heavy atom. The normalized spacial score (nSPS) is 9.44. The minimum absolute atomic E-state index is 1.10. The summed E-state index contributed by atoms with van der Waals surface area (Å²) in [6.07, 6.45) is 0. The summed E-state index contributed by atoms with van der Waals surface area (Å²) < 4.78 is 18.0. The second-order valence-electron chi connectivity index (χ2n) is 0.834. The van der Waals surface area contributed by atoms with Crippen LogP contribution in [0.5, 0.6) is 0 Å². The third-order valence-electron chi connectivity index (χ3n) is 0.461. The predicted molar refractivity (Wildman–Crippen MR) is 28.8 cm³/mol. The number of phosphoric acid groups is 1. The average Bonchev–Trinajstić information content (AvgIpc) is 1.93. The van der Waals surface area contributed by atoms with E-state index >= 15 is 0 Å². The summed E-state index contributed by atoms with van der Waals surface area (Å²) in [5.74, 6) is 0.